The fourth-order valence-corrected chi connectivity index (χ4v) is 0.605. The molecule has 0 aliphatic heterocycles. The van der Waals surface area contributed by atoms with E-state index < -0.39 is 16.9 Å². The van der Waals surface area contributed by atoms with Crippen molar-refractivity contribution < 1.29 is 14.7 Å². The molecule has 5 heteroatoms. The normalized spacial score (nSPS) is 12.4. The maximum atomic E-state index is 11.3. The van der Waals surface area contributed by atoms with Crippen molar-refractivity contribution >= 4 is 11.9 Å². The lowest BCUT2D eigenvalue weighted by atomic mass is 9.93. The van der Waals surface area contributed by atoms with Gasteiger partial charge in [-0.2, -0.15) is 0 Å². The Kier molecular flexibility index (Phi) is 3.65. The smallest absolute Gasteiger partial charge is 0.310 e. The van der Waals surface area contributed by atoms with Crippen LogP contribution in [0.5, 0.6) is 0 Å². The lowest BCUT2D eigenvalue weighted by Gasteiger charge is -2.23. The maximum absolute atomic E-state index is 11.3. The molecule has 5 nitrogen and oxygen atoms in total. The molecule has 82 valence electrons. The van der Waals surface area contributed by atoms with Crippen LogP contribution in [0, 0.1) is 5.41 Å². The number of rotatable bonds is 4. The molecule has 0 heterocycles. The second-order valence-electron chi connectivity index (χ2n) is 4.59. The monoisotopic (exact) mass is 202 g/mol. The molecule has 0 spiro atoms. The van der Waals surface area contributed by atoms with Crippen LogP contribution in [0.4, 0.5) is 0 Å². The highest BCUT2D eigenvalue weighted by atomic mass is 16.4. The highest BCUT2D eigenvalue weighted by Crippen LogP contribution is 2.13. The quantitative estimate of drug-likeness (QED) is 0.596. The number of hydrogen-bond acceptors (Lipinski definition) is 3. The van der Waals surface area contributed by atoms with Crippen molar-refractivity contribution in [2.75, 3.05) is 6.54 Å². The van der Waals surface area contributed by atoms with E-state index >= 15 is 0 Å². The molecule has 0 radical (unpaired) electrons. The Morgan fingerprint density at radius 2 is 1.71 bits per heavy atom. The van der Waals surface area contributed by atoms with Crippen molar-refractivity contribution in [3.8, 4) is 0 Å². The largest absolute Gasteiger partial charge is 0.481 e. The molecule has 0 fully saturated rings. The lowest BCUT2D eigenvalue weighted by molar-refractivity contribution is -0.146. The van der Waals surface area contributed by atoms with E-state index in [2.05, 4.69) is 5.32 Å². The third-order valence-electron chi connectivity index (χ3n) is 1.86. The maximum Gasteiger partial charge on any atom is 0.310 e. The van der Waals surface area contributed by atoms with E-state index in [4.69, 9.17) is 10.8 Å². The molecule has 0 saturated carbocycles. The molecule has 0 aromatic carbocycles. The predicted molar refractivity (Wildman–Crippen MR) is 52.7 cm³/mol. The first-order valence-electron chi connectivity index (χ1n) is 4.38. The first-order chi connectivity index (χ1) is 6.07. The van der Waals surface area contributed by atoms with Crippen molar-refractivity contribution in [1.29, 1.82) is 0 Å². The van der Waals surface area contributed by atoms with Crippen LogP contribution in [-0.4, -0.2) is 29.1 Å². The second kappa shape index (κ2) is 3.96. The fraction of sp³-hybridized carbons (Fsp3) is 0.778. The van der Waals surface area contributed by atoms with Gasteiger partial charge in [0.2, 0.25) is 5.91 Å². The van der Waals surface area contributed by atoms with Crippen LogP contribution in [0.25, 0.3) is 0 Å². The summed E-state index contributed by atoms with van der Waals surface area (Å²) < 4.78 is 0. The first-order valence-corrected chi connectivity index (χ1v) is 4.38. The number of carbonyl (C=O) groups is 2. The topological polar surface area (TPSA) is 92.4 Å². The molecule has 0 unspecified atom stereocenters. The zero-order chi connectivity index (χ0) is 11.6. The lowest BCUT2D eigenvalue weighted by Crippen LogP contribution is -2.51. The SMILES string of the molecule is CC(C)(N)C(=O)NCC(C)(C)C(=O)O. The summed E-state index contributed by atoms with van der Waals surface area (Å²) in [6.07, 6.45) is 0. The van der Waals surface area contributed by atoms with Gasteiger partial charge in [0.1, 0.15) is 0 Å². The average Bonchev–Trinajstić information content (AvgIpc) is 1.98. The van der Waals surface area contributed by atoms with Gasteiger partial charge in [-0.25, -0.2) is 0 Å². The van der Waals surface area contributed by atoms with Crippen molar-refractivity contribution in [1.82, 2.24) is 5.32 Å². The first kappa shape index (κ1) is 12.9. The van der Waals surface area contributed by atoms with E-state index in [1.54, 1.807) is 27.7 Å². The number of nitrogens with two attached hydrogens (primary N) is 1. The van der Waals surface area contributed by atoms with Crippen LogP contribution in [-0.2, 0) is 9.59 Å². The Labute approximate surface area is 83.7 Å². The molecule has 0 atom stereocenters. The third kappa shape index (κ3) is 3.74. The van der Waals surface area contributed by atoms with Crippen LogP contribution in [0.3, 0.4) is 0 Å². The zero-order valence-corrected chi connectivity index (χ0v) is 9.05. The summed E-state index contributed by atoms with van der Waals surface area (Å²) in [7, 11) is 0. The molecule has 0 bridgehead atoms. The number of carbonyl (C=O) groups excluding carboxylic acids is 1. The number of carboxylic acid groups (broad SMARTS) is 1. The Morgan fingerprint density at radius 1 is 1.29 bits per heavy atom. The van der Waals surface area contributed by atoms with Gasteiger partial charge in [-0.1, -0.05) is 0 Å². The standard InChI is InChI=1S/C9H18N2O3/c1-8(2,7(13)14)5-11-6(12)9(3,4)10/h5,10H2,1-4H3,(H,11,12)(H,13,14). The molecule has 0 saturated heterocycles. The van der Waals surface area contributed by atoms with E-state index in [1.807, 2.05) is 0 Å². The third-order valence-corrected chi connectivity index (χ3v) is 1.86. The molecular formula is C9H18N2O3. The van der Waals surface area contributed by atoms with E-state index in [1.165, 1.54) is 0 Å². The van der Waals surface area contributed by atoms with E-state index in [0.717, 1.165) is 0 Å². The molecule has 0 aliphatic rings. The number of carboxylic acids is 1. The minimum atomic E-state index is -0.978. The fourth-order valence-electron chi connectivity index (χ4n) is 0.605. The van der Waals surface area contributed by atoms with Crippen LogP contribution >= 0.6 is 0 Å². The minimum absolute atomic E-state index is 0.0712. The summed E-state index contributed by atoms with van der Waals surface area (Å²) in [5, 5.41) is 11.3. The molecule has 1 amide bonds. The molecule has 4 N–H and O–H groups in total. The van der Waals surface area contributed by atoms with Gasteiger partial charge >= 0.3 is 5.97 Å². The van der Waals surface area contributed by atoms with Crippen LogP contribution in [0.1, 0.15) is 27.7 Å². The summed E-state index contributed by atoms with van der Waals surface area (Å²) in [6.45, 7) is 6.28. The van der Waals surface area contributed by atoms with Gasteiger partial charge in [-0.15, -0.1) is 0 Å². The van der Waals surface area contributed by atoms with Gasteiger partial charge < -0.3 is 16.2 Å². The highest BCUT2D eigenvalue weighted by Gasteiger charge is 2.30. The Bertz CT molecular complexity index is 241. The number of amides is 1. The molecular weight excluding hydrogens is 184 g/mol. The number of hydrogen-bond donors (Lipinski definition) is 3. The summed E-state index contributed by atoms with van der Waals surface area (Å²) in [5.41, 5.74) is 3.58. The Balaban J connectivity index is 4.21. The van der Waals surface area contributed by atoms with Crippen molar-refractivity contribution in [2.24, 2.45) is 11.1 Å². The Morgan fingerprint density at radius 3 is 2.00 bits per heavy atom. The van der Waals surface area contributed by atoms with Gasteiger partial charge in [0.05, 0.1) is 11.0 Å². The number of aliphatic carboxylic acids is 1. The summed E-state index contributed by atoms with van der Waals surface area (Å²) in [4.78, 5) is 22.0. The van der Waals surface area contributed by atoms with E-state index in [0.29, 0.717) is 0 Å². The van der Waals surface area contributed by atoms with Gasteiger partial charge in [0.25, 0.3) is 0 Å². The number of nitrogens with one attached hydrogen (secondary N) is 1. The van der Waals surface area contributed by atoms with E-state index in [-0.39, 0.29) is 12.5 Å². The molecule has 0 aromatic rings. The summed E-state index contributed by atoms with van der Waals surface area (Å²) in [6, 6.07) is 0. The van der Waals surface area contributed by atoms with Crippen LogP contribution in [0.2, 0.25) is 0 Å². The van der Waals surface area contributed by atoms with Crippen LogP contribution < -0.4 is 11.1 Å². The minimum Gasteiger partial charge on any atom is -0.481 e. The molecule has 14 heavy (non-hydrogen) atoms. The van der Waals surface area contributed by atoms with Gasteiger partial charge in [0.15, 0.2) is 0 Å². The van der Waals surface area contributed by atoms with Gasteiger partial charge in [0, 0.05) is 6.54 Å². The van der Waals surface area contributed by atoms with Gasteiger partial charge in [-0.3, -0.25) is 9.59 Å². The second-order valence-corrected chi connectivity index (χ2v) is 4.59. The molecule has 0 rings (SSSR count). The predicted octanol–water partition coefficient (Wildman–Crippen LogP) is -0.0493. The highest BCUT2D eigenvalue weighted by molar-refractivity contribution is 5.85. The van der Waals surface area contributed by atoms with Crippen molar-refractivity contribution in [3.05, 3.63) is 0 Å². The Hall–Kier alpha value is -1.10. The zero-order valence-electron chi connectivity index (χ0n) is 9.05. The molecule has 0 aromatic heterocycles. The van der Waals surface area contributed by atoms with Crippen molar-refractivity contribution in [2.45, 2.75) is 33.2 Å². The summed E-state index contributed by atoms with van der Waals surface area (Å²) >= 11 is 0. The molecule has 0 aliphatic carbocycles. The average molecular weight is 202 g/mol. The van der Waals surface area contributed by atoms with E-state index in [9.17, 15) is 9.59 Å². The van der Waals surface area contributed by atoms with Gasteiger partial charge in [-0.05, 0) is 27.7 Å². The van der Waals surface area contributed by atoms with Crippen molar-refractivity contribution in [3.63, 3.8) is 0 Å². The summed E-state index contributed by atoms with van der Waals surface area (Å²) in [5.74, 6) is -1.31. The van der Waals surface area contributed by atoms with Crippen LogP contribution in [0.15, 0.2) is 0 Å².